The van der Waals surface area contributed by atoms with Crippen LogP contribution in [-0.4, -0.2) is 12.6 Å². The number of carbonyl (C=O) groups excluding carboxylic acids is 1. The second kappa shape index (κ2) is 16.8. The Morgan fingerprint density at radius 2 is 1.32 bits per heavy atom. The van der Waals surface area contributed by atoms with Crippen molar-refractivity contribution in [2.75, 3.05) is 6.61 Å². The van der Waals surface area contributed by atoms with Gasteiger partial charge in [0.15, 0.2) is 0 Å². The molecule has 2 nitrogen and oxygen atoms in total. The van der Waals surface area contributed by atoms with Crippen LogP contribution in [0.25, 0.3) is 0 Å². The minimum atomic E-state index is 0.00687. The van der Waals surface area contributed by atoms with Gasteiger partial charge in [0.1, 0.15) is 0 Å². The van der Waals surface area contributed by atoms with E-state index in [0.717, 1.165) is 18.8 Å². The van der Waals surface area contributed by atoms with E-state index in [2.05, 4.69) is 20.8 Å². The lowest BCUT2D eigenvalue weighted by molar-refractivity contribution is -0.143. The zero-order chi connectivity index (χ0) is 16.5. The molecule has 0 aromatic rings. The molecule has 0 aliphatic rings. The van der Waals surface area contributed by atoms with Gasteiger partial charge in [-0.2, -0.15) is 0 Å². The molecule has 22 heavy (non-hydrogen) atoms. The van der Waals surface area contributed by atoms with Crippen molar-refractivity contribution < 1.29 is 9.53 Å². The summed E-state index contributed by atoms with van der Waals surface area (Å²) in [6.45, 7) is 7.43. The molecule has 0 amide bonds. The van der Waals surface area contributed by atoms with Crippen molar-refractivity contribution in [3.8, 4) is 0 Å². The van der Waals surface area contributed by atoms with Gasteiger partial charge in [-0.3, -0.25) is 4.79 Å². The predicted octanol–water partition coefficient (Wildman–Crippen LogP) is 6.67. The lowest BCUT2D eigenvalue weighted by Gasteiger charge is -2.06. The zero-order valence-electron chi connectivity index (χ0n) is 15.5. The van der Waals surface area contributed by atoms with Crippen LogP contribution >= 0.6 is 0 Å². The zero-order valence-corrected chi connectivity index (χ0v) is 15.5. The first-order chi connectivity index (χ1) is 10.7. The van der Waals surface area contributed by atoms with Crippen molar-refractivity contribution in [2.24, 2.45) is 5.92 Å². The lowest BCUT2D eigenvalue weighted by atomic mass is 10.0. The van der Waals surface area contributed by atoms with Crippen LogP contribution in [-0.2, 0) is 9.53 Å². The highest BCUT2D eigenvalue weighted by atomic mass is 16.5. The topological polar surface area (TPSA) is 26.3 Å². The Kier molecular flexibility index (Phi) is 16.4. The molecule has 0 radical (unpaired) electrons. The number of esters is 1. The van der Waals surface area contributed by atoms with Gasteiger partial charge in [0.25, 0.3) is 0 Å². The first-order valence-corrected chi connectivity index (χ1v) is 9.82. The van der Waals surface area contributed by atoms with Crippen LogP contribution < -0.4 is 0 Å². The summed E-state index contributed by atoms with van der Waals surface area (Å²) < 4.78 is 5.29. The predicted molar refractivity (Wildman–Crippen MR) is 96.1 cm³/mol. The normalized spacial score (nSPS) is 11.1. The van der Waals surface area contributed by atoms with Gasteiger partial charge in [0, 0.05) is 6.42 Å². The van der Waals surface area contributed by atoms with Crippen LogP contribution in [0.5, 0.6) is 0 Å². The first kappa shape index (κ1) is 21.5. The van der Waals surface area contributed by atoms with Gasteiger partial charge < -0.3 is 4.74 Å². The molecular formula is C20H40O2. The second-order valence-corrected chi connectivity index (χ2v) is 7.04. The molecule has 132 valence electrons. The first-order valence-electron chi connectivity index (χ1n) is 9.82. The molecule has 0 rings (SSSR count). The van der Waals surface area contributed by atoms with Crippen molar-refractivity contribution in [3.05, 3.63) is 0 Å². The quantitative estimate of drug-likeness (QED) is 0.235. The summed E-state index contributed by atoms with van der Waals surface area (Å²) >= 11 is 0. The maximum atomic E-state index is 11.5. The fourth-order valence-corrected chi connectivity index (χ4v) is 2.67. The summed E-state index contributed by atoms with van der Waals surface area (Å²) in [5.74, 6) is 0.846. The van der Waals surface area contributed by atoms with Gasteiger partial charge >= 0.3 is 5.97 Å². The standard InChI is InChI=1S/C20H40O2/c1-4-5-6-7-11-14-17-20(21)22-18-15-12-9-8-10-13-16-19(2)3/h19H,4-18H2,1-3H3. The highest BCUT2D eigenvalue weighted by Gasteiger charge is 2.02. The number of hydrogen-bond acceptors (Lipinski definition) is 2. The summed E-state index contributed by atoms with van der Waals surface area (Å²) in [6.07, 6.45) is 16.9. The molecule has 0 saturated carbocycles. The van der Waals surface area contributed by atoms with Crippen molar-refractivity contribution >= 4 is 5.97 Å². The van der Waals surface area contributed by atoms with Crippen LogP contribution in [0.3, 0.4) is 0 Å². The third-order valence-electron chi connectivity index (χ3n) is 4.17. The average Bonchev–Trinajstić information content (AvgIpc) is 2.48. The molecule has 0 spiro atoms. The van der Waals surface area contributed by atoms with E-state index in [0.29, 0.717) is 13.0 Å². The molecule has 0 aliphatic heterocycles. The van der Waals surface area contributed by atoms with E-state index < -0.39 is 0 Å². The van der Waals surface area contributed by atoms with E-state index in [1.807, 2.05) is 0 Å². The molecule has 2 heteroatoms. The number of ether oxygens (including phenoxy) is 1. The summed E-state index contributed by atoms with van der Waals surface area (Å²) in [5.41, 5.74) is 0. The van der Waals surface area contributed by atoms with Crippen molar-refractivity contribution in [2.45, 2.75) is 111 Å². The van der Waals surface area contributed by atoms with E-state index in [9.17, 15) is 4.79 Å². The third-order valence-corrected chi connectivity index (χ3v) is 4.17. The fraction of sp³-hybridized carbons (Fsp3) is 0.950. The summed E-state index contributed by atoms with van der Waals surface area (Å²) in [4.78, 5) is 11.5. The fourth-order valence-electron chi connectivity index (χ4n) is 2.67. The Labute approximate surface area is 139 Å². The Balaban J connectivity index is 3.15. The highest BCUT2D eigenvalue weighted by molar-refractivity contribution is 5.69. The van der Waals surface area contributed by atoms with Crippen LogP contribution in [0.4, 0.5) is 0 Å². The molecule has 0 aliphatic carbocycles. The molecule has 0 atom stereocenters. The van der Waals surface area contributed by atoms with E-state index in [-0.39, 0.29) is 5.97 Å². The second-order valence-electron chi connectivity index (χ2n) is 7.04. The molecule has 0 aromatic heterocycles. The molecule has 0 heterocycles. The summed E-state index contributed by atoms with van der Waals surface area (Å²) in [6, 6.07) is 0. The summed E-state index contributed by atoms with van der Waals surface area (Å²) in [7, 11) is 0. The molecule has 0 bridgehead atoms. The third kappa shape index (κ3) is 17.5. The maximum absolute atomic E-state index is 11.5. The van der Waals surface area contributed by atoms with Crippen LogP contribution in [0.1, 0.15) is 111 Å². The van der Waals surface area contributed by atoms with Gasteiger partial charge in [-0.1, -0.05) is 91.4 Å². The number of hydrogen-bond donors (Lipinski definition) is 0. The van der Waals surface area contributed by atoms with Crippen LogP contribution in [0.15, 0.2) is 0 Å². The average molecular weight is 313 g/mol. The molecule has 0 unspecified atom stereocenters. The minimum Gasteiger partial charge on any atom is -0.466 e. The van der Waals surface area contributed by atoms with Gasteiger partial charge in [-0.05, 0) is 18.8 Å². The van der Waals surface area contributed by atoms with Crippen molar-refractivity contribution in [1.82, 2.24) is 0 Å². The van der Waals surface area contributed by atoms with E-state index in [4.69, 9.17) is 4.74 Å². The van der Waals surface area contributed by atoms with Crippen LogP contribution in [0, 0.1) is 5.92 Å². The van der Waals surface area contributed by atoms with Gasteiger partial charge in [0.05, 0.1) is 6.61 Å². The Hall–Kier alpha value is -0.530. The molecular weight excluding hydrogens is 272 g/mol. The van der Waals surface area contributed by atoms with Gasteiger partial charge in [-0.25, -0.2) is 0 Å². The smallest absolute Gasteiger partial charge is 0.305 e. The maximum Gasteiger partial charge on any atom is 0.305 e. The van der Waals surface area contributed by atoms with Gasteiger partial charge in [-0.15, -0.1) is 0 Å². The van der Waals surface area contributed by atoms with Crippen molar-refractivity contribution in [1.29, 1.82) is 0 Å². The number of unbranched alkanes of at least 4 members (excludes halogenated alkanes) is 10. The highest BCUT2D eigenvalue weighted by Crippen LogP contribution is 2.11. The van der Waals surface area contributed by atoms with Crippen molar-refractivity contribution in [3.63, 3.8) is 0 Å². The molecule has 0 aromatic carbocycles. The van der Waals surface area contributed by atoms with Crippen LogP contribution in [0.2, 0.25) is 0 Å². The molecule has 0 N–H and O–H groups in total. The van der Waals surface area contributed by atoms with E-state index in [1.54, 1.807) is 0 Å². The Morgan fingerprint density at radius 3 is 1.95 bits per heavy atom. The SMILES string of the molecule is CCCCCCCCC(=O)OCCCCCCCCC(C)C. The number of rotatable bonds is 16. The van der Waals surface area contributed by atoms with E-state index >= 15 is 0 Å². The minimum absolute atomic E-state index is 0.00687. The largest absolute Gasteiger partial charge is 0.466 e. The molecule has 0 fully saturated rings. The molecule has 0 saturated heterocycles. The van der Waals surface area contributed by atoms with E-state index in [1.165, 1.54) is 70.6 Å². The Morgan fingerprint density at radius 1 is 0.773 bits per heavy atom. The van der Waals surface area contributed by atoms with Gasteiger partial charge in [0.2, 0.25) is 0 Å². The lowest BCUT2D eigenvalue weighted by Crippen LogP contribution is -2.05. The summed E-state index contributed by atoms with van der Waals surface area (Å²) in [5, 5.41) is 0. The Bertz CT molecular complexity index is 236. The monoisotopic (exact) mass is 312 g/mol. The number of carbonyl (C=O) groups is 1.